The van der Waals surface area contributed by atoms with Crippen LogP contribution in [0, 0.1) is 11.3 Å². The van der Waals surface area contributed by atoms with Gasteiger partial charge in [-0.3, -0.25) is 10.3 Å². The summed E-state index contributed by atoms with van der Waals surface area (Å²) in [6.45, 7) is 5.29. The minimum absolute atomic E-state index is 0.228. The van der Waals surface area contributed by atoms with E-state index in [4.69, 9.17) is 11.1 Å². The van der Waals surface area contributed by atoms with Crippen LogP contribution in [0.15, 0.2) is 0 Å². The first-order valence-electron chi connectivity index (χ1n) is 5.07. The summed E-state index contributed by atoms with van der Waals surface area (Å²) < 4.78 is 0. The van der Waals surface area contributed by atoms with Gasteiger partial charge in [0, 0.05) is 32.7 Å². The predicted molar refractivity (Wildman–Crippen MR) is 52.7 cm³/mol. The summed E-state index contributed by atoms with van der Waals surface area (Å²) in [4.78, 5) is 4.44. The van der Waals surface area contributed by atoms with Crippen molar-refractivity contribution in [3.05, 3.63) is 0 Å². The SMILES string of the molecule is N=C(N)N1CCN(CC2CC2)CC1. The van der Waals surface area contributed by atoms with Crippen molar-refractivity contribution in [3.63, 3.8) is 0 Å². The highest BCUT2D eigenvalue weighted by Crippen LogP contribution is 2.29. The van der Waals surface area contributed by atoms with Crippen molar-refractivity contribution >= 4 is 5.96 Å². The summed E-state index contributed by atoms with van der Waals surface area (Å²) in [5.74, 6) is 1.20. The van der Waals surface area contributed by atoms with Crippen LogP contribution in [0.3, 0.4) is 0 Å². The van der Waals surface area contributed by atoms with E-state index >= 15 is 0 Å². The molecule has 2 fully saturated rings. The number of guanidine groups is 1. The number of nitrogens with two attached hydrogens (primary N) is 1. The summed E-state index contributed by atoms with van der Waals surface area (Å²) in [5.41, 5.74) is 5.42. The molecule has 0 spiro atoms. The molecule has 0 amide bonds. The highest BCUT2D eigenvalue weighted by molar-refractivity contribution is 5.74. The molecule has 74 valence electrons. The van der Waals surface area contributed by atoms with Gasteiger partial charge in [-0.1, -0.05) is 0 Å². The molecule has 1 heterocycles. The summed E-state index contributed by atoms with van der Waals surface area (Å²) >= 11 is 0. The normalized spacial score (nSPS) is 24.8. The van der Waals surface area contributed by atoms with Gasteiger partial charge in [0.1, 0.15) is 0 Å². The van der Waals surface area contributed by atoms with Crippen LogP contribution in [0.5, 0.6) is 0 Å². The Bertz CT molecular complexity index is 192. The van der Waals surface area contributed by atoms with Gasteiger partial charge in [-0.05, 0) is 18.8 Å². The molecular weight excluding hydrogens is 164 g/mol. The van der Waals surface area contributed by atoms with Crippen LogP contribution in [-0.4, -0.2) is 48.5 Å². The first-order valence-corrected chi connectivity index (χ1v) is 5.07. The van der Waals surface area contributed by atoms with Crippen molar-refractivity contribution < 1.29 is 0 Å². The topological polar surface area (TPSA) is 56.4 Å². The summed E-state index contributed by atoms with van der Waals surface area (Å²) in [6, 6.07) is 0. The molecule has 1 aliphatic heterocycles. The molecule has 0 unspecified atom stereocenters. The fraction of sp³-hybridized carbons (Fsp3) is 0.889. The van der Waals surface area contributed by atoms with Gasteiger partial charge in [0.25, 0.3) is 0 Å². The molecular formula is C9H18N4. The van der Waals surface area contributed by atoms with Gasteiger partial charge in [-0.2, -0.15) is 0 Å². The molecule has 0 bridgehead atoms. The zero-order valence-corrected chi connectivity index (χ0v) is 8.00. The molecule has 0 aromatic rings. The standard InChI is InChI=1S/C9H18N4/c10-9(11)13-5-3-12(4-6-13)7-8-1-2-8/h8H,1-7H2,(H3,10,11). The zero-order chi connectivity index (χ0) is 9.26. The third-order valence-corrected chi connectivity index (χ3v) is 2.93. The number of hydrogen-bond donors (Lipinski definition) is 2. The minimum atomic E-state index is 0.228. The van der Waals surface area contributed by atoms with Gasteiger partial charge in [-0.15, -0.1) is 0 Å². The molecule has 2 rings (SSSR count). The minimum Gasteiger partial charge on any atom is -0.370 e. The van der Waals surface area contributed by atoms with Crippen LogP contribution < -0.4 is 5.73 Å². The number of hydrogen-bond acceptors (Lipinski definition) is 2. The highest BCUT2D eigenvalue weighted by atomic mass is 15.3. The van der Waals surface area contributed by atoms with Crippen LogP contribution in [0.2, 0.25) is 0 Å². The summed E-state index contributed by atoms with van der Waals surface area (Å²) in [5, 5.41) is 7.29. The Morgan fingerprint density at radius 3 is 2.31 bits per heavy atom. The van der Waals surface area contributed by atoms with Crippen molar-refractivity contribution in [3.8, 4) is 0 Å². The van der Waals surface area contributed by atoms with Crippen LogP contribution in [0.4, 0.5) is 0 Å². The van der Waals surface area contributed by atoms with Crippen LogP contribution in [0.25, 0.3) is 0 Å². The maximum Gasteiger partial charge on any atom is 0.188 e. The predicted octanol–water partition coefficient (Wildman–Crippen LogP) is -0.0925. The average Bonchev–Trinajstić information content (AvgIpc) is 2.89. The van der Waals surface area contributed by atoms with Crippen molar-refractivity contribution in [1.82, 2.24) is 9.80 Å². The summed E-state index contributed by atoms with van der Waals surface area (Å²) in [7, 11) is 0. The lowest BCUT2D eigenvalue weighted by Crippen LogP contribution is -2.51. The molecule has 0 aromatic heterocycles. The monoisotopic (exact) mass is 182 g/mol. The molecule has 1 aliphatic carbocycles. The highest BCUT2D eigenvalue weighted by Gasteiger charge is 2.26. The molecule has 0 aromatic carbocycles. The van der Waals surface area contributed by atoms with E-state index in [0.29, 0.717) is 0 Å². The van der Waals surface area contributed by atoms with Crippen molar-refractivity contribution in [2.75, 3.05) is 32.7 Å². The Morgan fingerprint density at radius 1 is 1.23 bits per heavy atom. The lowest BCUT2D eigenvalue weighted by molar-refractivity contribution is 0.175. The molecule has 4 heteroatoms. The van der Waals surface area contributed by atoms with Crippen LogP contribution >= 0.6 is 0 Å². The number of rotatable bonds is 2. The van der Waals surface area contributed by atoms with E-state index in [0.717, 1.165) is 32.1 Å². The zero-order valence-electron chi connectivity index (χ0n) is 8.00. The molecule has 1 saturated carbocycles. The Balaban J connectivity index is 1.71. The maximum absolute atomic E-state index is 7.29. The molecule has 3 N–H and O–H groups in total. The van der Waals surface area contributed by atoms with Gasteiger partial charge in [-0.25, -0.2) is 0 Å². The smallest absolute Gasteiger partial charge is 0.188 e. The van der Waals surface area contributed by atoms with E-state index in [-0.39, 0.29) is 5.96 Å². The Labute approximate surface area is 79.2 Å². The van der Waals surface area contributed by atoms with E-state index < -0.39 is 0 Å². The van der Waals surface area contributed by atoms with Crippen molar-refractivity contribution in [1.29, 1.82) is 5.41 Å². The average molecular weight is 182 g/mol. The Kier molecular flexibility index (Phi) is 2.40. The second-order valence-electron chi connectivity index (χ2n) is 4.12. The summed E-state index contributed by atoms with van der Waals surface area (Å²) in [6.07, 6.45) is 2.85. The molecule has 1 saturated heterocycles. The van der Waals surface area contributed by atoms with E-state index in [9.17, 15) is 0 Å². The quantitative estimate of drug-likeness (QED) is 0.463. The van der Waals surface area contributed by atoms with Gasteiger partial charge in [0.05, 0.1) is 0 Å². The number of nitrogens with one attached hydrogen (secondary N) is 1. The fourth-order valence-corrected chi connectivity index (χ4v) is 1.84. The maximum atomic E-state index is 7.29. The molecule has 13 heavy (non-hydrogen) atoms. The van der Waals surface area contributed by atoms with Crippen molar-refractivity contribution in [2.24, 2.45) is 11.7 Å². The third-order valence-electron chi connectivity index (χ3n) is 2.93. The van der Waals surface area contributed by atoms with E-state index in [2.05, 4.69) is 4.90 Å². The molecule has 2 aliphatic rings. The first kappa shape index (κ1) is 8.81. The first-order chi connectivity index (χ1) is 6.25. The molecule has 0 atom stereocenters. The second kappa shape index (κ2) is 3.54. The van der Waals surface area contributed by atoms with Crippen molar-refractivity contribution in [2.45, 2.75) is 12.8 Å². The lowest BCUT2D eigenvalue weighted by Gasteiger charge is -2.34. The second-order valence-corrected chi connectivity index (χ2v) is 4.12. The van der Waals surface area contributed by atoms with Gasteiger partial charge < -0.3 is 10.6 Å². The van der Waals surface area contributed by atoms with Gasteiger partial charge >= 0.3 is 0 Å². The largest absolute Gasteiger partial charge is 0.370 e. The van der Waals surface area contributed by atoms with E-state index in [1.807, 2.05) is 4.90 Å². The van der Waals surface area contributed by atoms with Gasteiger partial charge in [0.15, 0.2) is 5.96 Å². The third kappa shape index (κ3) is 2.34. The molecule has 0 radical (unpaired) electrons. The Morgan fingerprint density at radius 2 is 1.85 bits per heavy atom. The Hall–Kier alpha value is -0.770. The number of piperazine rings is 1. The van der Waals surface area contributed by atoms with Crippen LogP contribution in [0.1, 0.15) is 12.8 Å². The lowest BCUT2D eigenvalue weighted by atomic mass is 10.3. The molecule has 4 nitrogen and oxygen atoms in total. The van der Waals surface area contributed by atoms with Crippen LogP contribution in [-0.2, 0) is 0 Å². The fourth-order valence-electron chi connectivity index (χ4n) is 1.84. The number of nitrogens with zero attached hydrogens (tertiary/aromatic N) is 2. The van der Waals surface area contributed by atoms with E-state index in [1.54, 1.807) is 0 Å². The van der Waals surface area contributed by atoms with Gasteiger partial charge in [0.2, 0.25) is 0 Å². The van der Waals surface area contributed by atoms with E-state index in [1.165, 1.54) is 19.4 Å².